The predicted octanol–water partition coefficient (Wildman–Crippen LogP) is 3.53. The van der Waals surface area contributed by atoms with Gasteiger partial charge in [-0.3, -0.25) is 4.98 Å². The summed E-state index contributed by atoms with van der Waals surface area (Å²) in [6.45, 7) is 0. The lowest BCUT2D eigenvalue weighted by Gasteiger charge is -2.14. The van der Waals surface area contributed by atoms with Crippen molar-refractivity contribution in [3.63, 3.8) is 0 Å². The van der Waals surface area contributed by atoms with E-state index in [1.165, 1.54) is 0 Å². The van der Waals surface area contributed by atoms with Crippen LogP contribution in [-0.2, 0) is 0 Å². The van der Waals surface area contributed by atoms with E-state index < -0.39 is 6.04 Å². The SMILES string of the molecule is COc1cccc(C(C#N)Nc2cncc(Br)c2)c1. The van der Waals surface area contributed by atoms with Gasteiger partial charge in [-0.2, -0.15) is 5.26 Å². The number of anilines is 1. The topological polar surface area (TPSA) is 57.9 Å². The normalized spacial score (nSPS) is 11.4. The molecule has 1 aromatic heterocycles. The van der Waals surface area contributed by atoms with Crippen LogP contribution in [0.15, 0.2) is 47.2 Å². The third kappa shape index (κ3) is 3.46. The Bertz CT molecular complexity index is 610. The fourth-order valence-corrected chi connectivity index (χ4v) is 2.03. The van der Waals surface area contributed by atoms with E-state index in [0.29, 0.717) is 0 Å². The van der Waals surface area contributed by atoms with Crippen LogP contribution in [0.2, 0.25) is 0 Å². The number of aromatic nitrogens is 1. The molecule has 2 aromatic rings. The number of nitrogens with one attached hydrogen (secondary N) is 1. The molecule has 0 fully saturated rings. The summed E-state index contributed by atoms with van der Waals surface area (Å²) in [6, 6.07) is 11.1. The molecule has 0 saturated heterocycles. The minimum atomic E-state index is -0.453. The van der Waals surface area contributed by atoms with E-state index in [0.717, 1.165) is 21.5 Å². The van der Waals surface area contributed by atoms with Gasteiger partial charge in [-0.1, -0.05) is 12.1 Å². The van der Waals surface area contributed by atoms with Crippen molar-refractivity contribution in [2.24, 2.45) is 0 Å². The van der Waals surface area contributed by atoms with Crippen LogP contribution in [0, 0.1) is 11.3 Å². The van der Waals surface area contributed by atoms with Crippen LogP contribution in [0.5, 0.6) is 5.75 Å². The molecule has 4 nitrogen and oxygen atoms in total. The molecule has 1 aromatic carbocycles. The molecule has 1 atom stereocenters. The molecule has 19 heavy (non-hydrogen) atoms. The van der Waals surface area contributed by atoms with Crippen molar-refractivity contribution >= 4 is 21.6 Å². The lowest BCUT2D eigenvalue weighted by molar-refractivity contribution is 0.414. The third-order valence-corrected chi connectivity index (χ3v) is 3.01. The van der Waals surface area contributed by atoms with Crippen molar-refractivity contribution in [2.45, 2.75) is 6.04 Å². The van der Waals surface area contributed by atoms with E-state index >= 15 is 0 Å². The summed E-state index contributed by atoms with van der Waals surface area (Å²) in [7, 11) is 1.60. The fourth-order valence-electron chi connectivity index (χ4n) is 1.67. The van der Waals surface area contributed by atoms with Gasteiger partial charge in [0.05, 0.1) is 25.1 Å². The molecule has 0 aliphatic carbocycles. The molecule has 1 unspecified atom stereocenters. The summed E-state index contributed by atoms with van der Waals surface area (Å²) < 4.78 is 6.02. The summed E-state index contributed by atoms with van der Waals surface area (Å²) >= 11 is 3.35. The smallest absolute Gasteiger partial charge is 0.140 e. The van der Waals surface area contributed by atoms with Gasteiger partial charge in [0.15, 0.2) is 0 Å². The summed E-state index contributed by atoms with van der Waals surface area (Å²) in [5.41, 5.74) is 1.63. The number of halogens is 1. The highest BCUT2D eigenvalue weighted by Crippen LogP contribution is 2.23. The maximum Gasteiger partial charge on any atom is 0.140 e. The highest BCUT2D eigenvalue weighted by Gasteiger charge is 2.11. The number of nitriles is 1. The Labute approximate surface area is 120 Å². The average Bonchev–Trinajstić information content (AvgIpc) is 2.45. The molecule has 0 saturated carbocycles. The van der Waals surface area contributed by atoms with Gasteiger partial charge in [0.1, 0.15) is 11.8 Å². The summed E-state index contributed by atoms with van der Waals surface area (Å²) in [6.07, 6.45) is 3.37. The second-order valence-corrected chi connectivity index (χ2v) is 4.79. The van der Waals surface area contributed by atoms with E-state index in [-0.39, 0.29) is 0 Å². The number of benzene rings is 1. The molecule has 0 aliphatic rings. The lowest BCUT2D eigenvalue weighted by atomic mass is 10.1. The van der Waals surface area contributed by atoms with Gasteiger partial charge in [0.2, 0.25) is 0 Å². The van der Waals surface area contributed by atoms with Crippen molar-refractivity contribution < 1.29 is 4.74 Å². The van der Waals surface area contributed by atoms with Crippen LogP contribution in [0.3, 0.4) is 0 Å². The molecule has 2 rings (SSSR count). The molecule has 0 bridgehead atoms. The maximum absolute atomic E-state index is 9.29. The number of rotatable bonds is 4. The summed E-state index contributed by atoms with van der Waals surface area (Å²) in [5, 5.41) is 12.4. The molecule has 1 N–H and O–H groups in total. The van der Waals surface area contributed by atoms with Crippen molar-refractivity contribution in [3.05, 3.63) is 52.8 Å². The van der Waals surface area contributed by atoms with Crippen LogP contribution in [0.4, 0.5) is 5.69 Å². The predicted molar refractivity (Wildman–Crippen MR) is 76.9 cm³/mol. The van der Waals surface area contributed by atoms with E-state index in [2.05, 4.69) is 32.3 Å². The van der Waals surface area contributed by atoms with Gasteiger partial charge in [-0.15, -0.1) is 0 Å². The third-order valence-electron chi connectivity index (χ3n) is 2.57. The van der Waals surface area contributed by atoms with E-state index in [4.69, 9.17) is 4.74 Å². The van der Waals surface area contributed by atoms with Crippen LogP contribution in [0.25, 0.3) is 0 Å². The van der Waals surface area contributed by atoms with Crippen molar-refractivity contribution in [3.8, 4) is 11.8 Å². The standard InChI is InChI=1S/C14H12BrN3O/c1-19-13-4-2-3-10(5-13)14(7-16)18-12-6-11(15)8-17-9-12/h2-6,8-9,14,18H,1H3. The van der Waals surface area contributed by atoms with E-state index in [1.54, 1.807) is 19.5 Å². The quantitative estimate of drug-likeness (QED) is 0.937. The molecule has 0 aliphatic heterocycles. The van der Waals surface area contributed by atoms with Gasteiger partial charge in [0.25, 0.3) is 0 Å². The molecule has 1 heterocycles. The Balaban J connectivity index is 2.23. The van der Waals surface area contributed by atoms with Crippen LogP contribution < -0.4 is 10.1 Å². The Morgan fingerprint density at radius 2 is 2.21 bits per heavy atom. The van der Waals surface area contributed by atoms with E-state index in [1.807, 2.05) is 30.3 Å². The average molecular weight is 318 g/mol. The first-order valence-corrected chi connectivity index (χ1v) is 6.43. The Morgan fingerprint density at radius 1 is 1.37 bits per heavy atom. The van der Waals surface area contributed by atoms with Gasteiger partial charge < -0.3 is 10.1 Å². The first kappa shape index (κ1) is 13.4. The molecule has 0 spiro atoms. The number of hydrogen-bond donors (Lipinski definition) is 1. The zero-order chi connectivity index (χ0) is 13.7. The molecule has 96 valence electrons. The molecule has 0 radical (unpaired) electrons. The molecule has 0 amide bonds. The van der Waals surface area contributed by atoms with Gasteiger partial charge >= 0.3 is 0 Å². The summed E-state index contributed by atoms with van der Waals surface area (Å²) in [5.74, 6) is 0.729. The minimum Gasteiger partial charge on any atom is -0.497 e. The van der Waals surface area contributed by atoms with Crippen molar-refractivity contribution in [1.82, 2.24) is 4.98 Å². The maximum atomic E-state index is 9.29. The monoisotopic (exact) mass is 317 g/mol. The highest BCUT2D eigenvalue weighted by atomic mass is 79.9. The molecule has 5 heteroatoms. The van der Waals surface area contributed by atoms with Crippen LogP contribution in [0.1, 0.15) is 11.6 Å². The second-order valence-electron chi connectivity index (χ2n) is 3.87. The van der Waals surface area contributed by atoms with E-state index in [9.17, 15) is 5.26 Å². The second kappa shape index (κ2) is 6.21. The zero-order valence-electron chi connectivity index (χ0n) is 10.3. The van der Waals surface area contributed by atoms with Crippen LogP contribution >= 0.6 is 15.9 Å². The Kier molecular flexibility index (Phi) is 4.37. The fraction of sp³-hybridized carbons (Fsp3) is 0.143. The van der Waals surface area contributed by atoms with Gasteiger partial charge in [-0.25, -0.2) is 0 Å². The number of pyridine rings is 1. The minimum absolute atomic E-state index is 0.453. The Morgan fingerprint density at radius 3 is 2.89 bits per heavy atom. The van der Waals surface area contributed by atoms with Crippen LogP contribution in [-0.4, -0.2) is 12.1 Å². The highest BCUT2D eigenvalue weighted by molar-refractivity contribution is 9.10. The summed E-state index contributed by atoms with van der Waals surface area (Å²) in [4.78, 5) is 4.06. The molecular formula is C14H12BrN3O. The first-order valence-electron chi connectivity index (χ1n) is 5.63. The largest absolute Gasteiger partial charge is 0.497 e. The lowest BCUT2D eigenvalue weighted by Crippen LogP contribution is -2.08. The number of nitrogens with zero attached hydrogens (tertiary/aromatic N) is 2. The van der Waals surface area contributed by atoms with Gasteiger partial charge in [-0.05, 0) is 39.7 Å². The zero-order valence-corrected chi connectivity index (χ0v) is 11.9. The van der Waals surface area contributed by atoms with Gasteiger partial charge in [0, 0.05) is 10.7 Å². The number of ether oxygens (including phenoxy) is 1. The first-order chi connectivity index (χ1) is 9.22. The van der Waals surface area contributed by atoms with Crippen molar-refractivity contribution in [1.29, 1.82) is 5.26 Å². The Hall–Kier alpha value is -2.06. The molecular weight excluding hydrogens is 306 g/mol. The van der Waals surface area contributed by atoms with Crippen molar-refractivity contribution in [2.75, 3.05) is 12.4 Å². The number of methoxy groups -OCH3 is 1. The number of hydrogen-bond acceptors (Lipinski definition) is 4.